The lowest BCUT2D eigenvalue weighted by atomic mass is 10.2. The van der Waals surface area contributed by atoms with Crippen LogP contribution in [0.4, 0.5) is 0 Å². The van der Waals surface area contributed by atoms with E-state index >= 15 is 0 Å². The standard InChI is InChI=1S/C18H23N3O5S/c22-18(19-6-7-21-8-11-25-12-9-21)15-3-1-5-17(13-15)27(23,24)20-14-16-4-2-10-26-16/h1-5,10,13,20H,6-9,11-12,14H2,(H,19,22). The van der Waals surface area contributed by atoms with Crippen LogP contribution in [0.15, 0.2) is 52.0 Å². The Kier molecular flexibility index (Phi) is 6.62. The number of carbonyl (C=O) groups excluding carboxylic acids is 1. The molecule has 146 valence electrons. The zero-order chi connectivity index (χ0) is 19.1. The summed E-state index contributed by atoms with van der Waals surface area (Å²) in [6.07, 6.45) is 1.48. The molecule has 8 nitrogen and oxygen atoms in total. The minimum Gasteiger partial charge on any atom is -0.468 e. The molecule has 2 aromatic rings. The number of furan rings is 1. The molecule has 0 radical (unpaired) electrons. The molecule has 2 heterocycles. The Labute approximate surface area is 158 Å². The van der Waals surface area contributed by atoms with Crippen molar-refractivity contribution in [3.05, 3.63) is 54.0 Å². The molecule has 9 heteroatoms. The number of nitrogens with one attached hydrogen (secondary N) is 2. The van der Waals surface area contributed by atoms with Crippen molar-refractivity contribution in [2.24, 2.45) is 0 Å². The van der Waals surface area contributed by atoms with Gasteiger partial charge in [-0.25, -0.2) is 13.1 Å². The van der Waals surface area contributed by atoms with E-state index in [1.165, 1.54) is 18.4 Å². The van der Waals surface area contributed by atoms with E-state index in [-0.39, 0.29) is 17.3 Å². The van der Waals surface area contributed by atoms with Crippen molar-refractivity contribution in [3.63, 3.8) is 0 Å². The predicted octanol–water partition coefficient (Wildman–Crippen LogP) is 0.820. The van der Waals surface area contributed by atoms with Crippen LogP contribution in [0.3, 0.4) is 0 Å². The molecule has 0 saturated carbocycles. The van der Waals surface area contributed by atoms with Crippen LogP contribution in [0.25, 0.3) is 0 Å². The van der Waals surface area contributed by atoms with Crippen LogP contribution in [-0.2, 0) is 21.3 Å². The molecule has 1 aromatic carbocycles. The van der Waals surface area contributed by atoms with Gasteiger partial charge in [-0.05, 0) is 30.3 Å². The van der Waals surface area contributed by atoms with E-state index < -0.39 is 10.0 Å². The largest absolute Gasteiger partial charge is 0.468 e. The Bertz CT molecular complexity index is 846. The van der Waals surface area contributed by atoms with Gasteiger partial charge in [0.15, 0.2) is 0 Å². The summed E-state index contributed by atoms with van der Waals surface area (Å²) >= 11 is 0. The number of hydrogen-bond acceptors (Lipinski definition) is 6. The number of sulfonamides is 1. The van der Waals surface area contributed by atoms with Crippen molar-refractivity contribution < 1.29 is 22.4 Å². The monoisotopic (exact) mass is 393 g/mol. The van der Waals surface area contributed by atoms with E-state index in [4.69, 9.17) is 9.15 Å². The fraction of sp³-hybridized carbons (Fsp3) is 0.389. The van der Waals surface area contributed by atoms with E-state index in [0.717, 1.165) is 19.6 Å². The summed E-state index contributed by atoms with van der Waals surface area (Å²) in [5.74, 6) is 0.210. The fourth-order valence-corrected chi connectivity index (χ4v) is 3.76. The molecule has 1 aliphatic heterocycles. The number of morpholine rings is 1. The first-order valence-electron chi connectivity index (χ1n) is 8.75. The second-order valence-corrected chi connectivity index (χ2v) is 7.91. The maximum absolute atomic E-state index is 12.4. The fourth-order valence-electron chi connectivity index (χ4n) is 2.72. The lowest BCUT2D eigenvalue weighted by molar-refractivity contribution is 0.0383. The Morgan fingerprint density at radius 2 is 1.96 bits per heavy atom. The molecule has 3 rings (SSSR count). The quantitative estimate of drug-likeness (QED) is 0.689. The molecule has 1 aliphatic rings. The molecule has 0 bridgehead atoms. The second kappa shape index (κ2) is 9.14. The number of rotatable bonds is 8. The van der Waals surface area contributed by atoms with Crippen LogP contribution < -0.4 is 10.0 Å². The number of benzene rings is 1. The maximum atomic E-state index is 12.4. The van der Waals surface area contributed by atoms with E-state index in [0.29, 0.717) is 31.1 Å². The number of ether oxygens (including phenoxy) is 1. The number of carbonyl (C=O) groups is 1. The highest BCUT2D eigenvalue weighted by Gasteiger charge is 2.17. The van der Waals surface area contributed by atoms with Crippen molar-refractivity contribution in [2.75, 3.05) is 39.4 Å². The Morgan fingerprint density at radius 1 is 1.15 bits per heavy atom. The summed E-state index contributed by atoms with van der Waals surface area (Å²) in [6.45, 7) is 4.39. The van der Waals surface area contributed by atoms with Gasteiger partial charge in [0.25, 0.3) is 5.91 Å². The molecule has 1 amide bonds. The molecule has 0 spiro atoms. The van der Waals surface area contributed by atoms with Crippen LogP contribution in [0.1, 0.15) is 16.1 Å². The van der Waals surface area contributed by atoms with Gasteiger partial charge in [0.05, 0.1) is 30.9 Å². The first-order valence-corrected chi connectivity index (χ1v) is 10.2. The lowest BCUT2D eigenvalue weighted by Gasteiger charge is -2.26. The Balaban J connectivity index is 1.56. The normalized spacial score (nSPS) is 15.6. The summed E-state index contributed by atoms with van der Waals surface area (Å²) in [7, 11) is -3.74. The van der Waals surface area contributed by atoms with Gasteiger partial charge < -0.3 is 14.5 Å². The Hall–Kier alpha value is -2.20. The van der Waals surface area contributed by atoms with Gasteiger partial charge in [0.2, 0.25) is 10.0 Å². The molecule has 2 N–H and O–H groups in total. The average Bonchev–Trinajstić information content (AvgIpc) is 3.21. The van der Waals surface area contributed by atoms with Crippen LogP contribution in [0, 0.1) is 0 Å². The van der Waals surface area contributed by atoms with Gasteiger partial charge in [0.1, 0.15) is 5.76 Å². The van der Waals surface area contributed by atoms with Gasteiger partial charge in [0, 0.05) is 31.7 Å². The predicted molar refractivity (Wildman–Crippen MR) is 98.8 cm³/mol. The van der Waals surface area contributed by atoms with Crippen molar-refractivity contribution >= 4 is 15.9 Å². The Morgan fingerprint density at radius 3 is 2.70 bits per heavy atom. The summed E-state index contributed by atoms with van der Waals surface area (Å²) in [5, 5.41) is 2.83. The molecule has 0 unspecified atom stereocenters. The SMILES string of the molecule is O=C(NCCN1CCOCC1)c1cccc(S(=O)(=O)NCc2ccco2)c1. The number of hydrogen-bond donors (Lipinski definition) is 2. The summed E-state index contributed by atoms with van der Waals surface area (Å²) in [5.41, 5.74) is 0.304. The zero-order valence-corrected chi connectivity index (χ0v) is 15.7. The topological polar surface area (TPSA) is 101 Å². The van der Waals surface area contributed by atoms with Crippen LogP contribution in [0.2, 0.25) is 0 Å². The van der Waals surface area contributed by atoms with Gasteiger partial charge in [-0.1, -0.05) is 6.07 Å². The first-order chi connectivity index (χ1) is 13.0. The van der Waals surface area contributed by atoms with E-state index in [9.17, 15) is 13.2 Å². The minimum atomic E-state index is -3.74. The summed E-state index contributed by atoms with van der Waals surface area (Å²) in [4.78, 5) is 14.6. The average molecular weight is 393 g/mol. The first kappa shape index (κ1) is 19.6. The molecule has 0 atom stereocenters. The van der Waals surface area contributed by atoms with Crippen LogP contribution in [-0.4, -0.2) is 58.6 Å². The highest BCUT2D eigenvalue weighted by Crippen LogP contribution is 2.12. The van der Waals surface area contributed by atoms with Gasteiger partial charge in [-0.2, -0.15) is 0 Å². The lowest BCUT2D eigenvalue weighted by Crippen LogP contribution is -2.41. The van der Waals surface area contributed by atoms with Crippen LogP contribution >= 0.6 is 0 Å². The minimum absolute atomic E-state index is 0.0369. The van der Waals surface area contributed by atoms with Crippen molar-refractivity contribution in [1.29, 1.82) is 0 Å². The van der Waals surface area contributed by atoms with Gasteiger partial charge in [-0.15, -0.1) is 0 Å². The van der Waals surface area contributed by atoms with Crippen molar-refractivity contribution in [2.45, 2.75) is 11.4 Å². The molecule has 1 aromatic heterocycles. The number of nitrogens with zero attached hydrogens (tertiary/aromatic N) is 1. The summed E-state index contributed by atoms with van der Waals surface area (Å²) in [6, 6.07) is 9.34. The van der Waals surface area contributed by atoms with Crippen LogP contribution in [0.5, 0.6) is 0 Å². The molecule has 1 fully saturated rings. The molecule has 0 aliphatic carbocycles. The highest BCUT2D eigenvalue weighted by atomic mass is 32.2. The number of amides is 1. The van der Waals surface area contributed by atoms with Crippen molar-refractivity contribution in [3.8, 4) is 0 Å². The second-order valence-electron chi connectivity index (χ2n) is 6.14. The molecular weight excluding hydrogens is 370 g/mol. The van der Waals surface area contributed by atoms with E-state index in [1.807, 2.05) is 0 Å². The van der Waals surface area contributed by atoms with Gasteiger partial charge >= 0.3 is 0 Å². The van der Waals surface area contributed by atoms with Crippen molar-refractivity contribution in [1.82, 2.24) is 14.9 Å². The smallest absolute Gasteiger partial charge is 0.251 e. The van der Waals surface area contributed by atoms with E-state index in [2.05, 4.69) is 14.9 Å². The third-order valence-electron chi connectivity index (χ3n) is 4.24. The highest BCUT2D eigenvalue weighted by molar-refractivity contribution is 7.89. The maximum Gasteiger partial charge on any atom is 0.251 e. The third kappa shape index (κ3) is 5.64. The zero-order valence-electron chi connectivity index (χ0n) is 14.9. The summed E-state index contributed by atoms with van der Waals surface area (Å²) < 4.78 is 37.7. The van der Waals surface area contributed by atoms with E-state index in [1.54, 1.807) is 24.3 Å². The molecular formula is C18H23N3O5S. The molecule has 27 heavy (non-hydrogen) atoms. The molecule has 1 saturated heterocycles. The third-order valence-corrected chi connectivity index (χ3v) is 5.64. The van der Waals surface area contributed by atoms with Gasteiger partial charge in [-0.3, -0.25) is 9.69 Å².